The van der Waals surface area contributed by atoms with Crippen LogP contribution in [-0.2, 0) is 5.54 Å². The molecule has 0 aliphatic rings. The topological polar surface area (TPSA) is 96.5 Å². The average molecular weight is 312 g/mol. The van der Waals surface area contributed by atoms with E-state index in [1.165, 1.54) is 12.3 Å². The summed E-state index contributed by atoms with van der Waals surface area (Å²) in [5.41, 5.74) is -2.06. The number of hydrogen-bond acceptors (Lipinski definition) is 5. The van der Waals surface area contributed by atoms with Crippen molar-refractivity contribution in [2.75, 3.05) is 13.2 Å². The van der Waals surface area contributed by atoms with Gasteiger partial charge in [-0.25, -0.2) is 4.98 Å². The highest BCUT2D eigenvalue weighted by Crippen LogP contribution is 2.31. The molecule has 0 unspecified atom stereocenters. The second-order valence-electron chi connectivity index (χ2n) is 3.10. The van der Waals surface area contributed by atoms with Crippen LogP contribution >= 0.6 is 27.5 Å². The van der Waals surface area contributed by atoms with Gasteiger partial charge in [0.25, 0.3) is 5.54 Å². The van der Waals surface area contributed by atoms with Crippen molar-refractivity contribution in [3.8, 4) is 0 Å². The van der Waals surface area contributed by atoms with Crippen molar-refractivity contribution < 1.29 is 15.1 Å². The number of nitrogens with zero attached hydrogens (tertiary/aromatic N) is 2. The first-order chi connectivity index (χ1) is 7.47. The highest BCUT2D eigenvalue weighted by molar-refractivity contribution is 9.10. The Morgan fingerprint density at radius 1 is 1.56 bits per heavy atom. The first-order valence-corrected chi connectivity index (χ1v) is 5.33. The number of nitro groups is 1. The largest absolute Gasteiger partial charge is 0.388 e. The Balaban J connectivity index is 3.42. The van der Waals surface area contributed by atoms with Crippen molar-refractivity contribution in [3.63, 3.8) is 0 Å². The zero-order chi connectivity index (χ0) is 12.3. The monoisotopic (exact) mass is 310 g/mol. The molecule has 0 spiro atoms. The molecular formula is C8H8BrClN2O4. The van der Waals surface area contributed by atoms with Gasteiger partial charge in [0.2, 0.25) is 0 Å². The Labute approximate surface area is 104 Å². The van der Waals surface area contributed by atoms with E-state index < -0.39 is 23.7 Å². The number of halogens is 2. The number of aliphatic hydroxyl groups is 2. The van der Waals surface area contributed by atoms with Crippen LogP contribution in [0.2, 0.25) is 5.15 Å². The van der Waals surface area contributed by atoms with Crippen LogP contribution in [0.5, 0.6) is 0 Å². The van der Waals surface area contributed by atoms with E-state index in [4.69, 9.17) is 21.8 Å². The van der Waals surface area contributed by atoms with Crippen LogP contribution in [0.3, 0.4) is 0 Å². The second-order valence-corrected chi connectivity index (χ2v) is 4.37. The Hall–Kier alpha value is -0.760. The molecule has 0 atom stereocenters. The van der Waals surface area contributed by atoms with Gasteiger partial charge in [-0.2, -0.15) is 0 Å². The van der Waals surface area contributed by atoms with Gasteiger partial charge in [-0.05, 0) is 22.0 Å². The second kappa shape index (κ2) is 5.05. The Kier molecular flexibility index (Phi) is 4.20. The lowest BCUT2D eigenvalue weighted by Crippen LogP contribution is -2.43. The zero-order valence-corrected chi connectivity index (χ0v) is 10.3. The molecule has 0 amide bonds. The van der Waals surface area contributed by atoms with Gasteiger partial charge in [-0.1, -0.05) is 11.6 Å². The van der Waals surface area contributed by atoms with Crippen LogP contribution < -0.4 is 0 Å². The minimum Gasteiger partial charge on any atom is -0.388 e. The average Bonchev–Trinajstić information content (AvgIpc) is 2.25. The third-order valence-corrected chi connectivity index (χ3v) is 2.91. The maximum absolute atomic E-state index is 10.9. The molecule has 2 N–H and O–H groups in total. The third-order valence-electron chi connectivity index (χ3n) is 2.18. The van der Waals surface area contributed by atoms with Gasteiger partial charge in [-0.3, -0.25) is 10.1 Å². The van der Waals surface area contributed by atoms with Crippen molar-refractivity contribution in [1.29, 1.82) is 0 Å². The molecule has 1 rings (SSSR count). The van der Waals surface area contributed by atoms with Gasteiger partial charge < -0.3 is 10.2 Å². The van der Waals surface area contributed by atoms with E-state index in [1.807, 2.05) is 0 Å². The summed E-state index contributed by atoms with van der Waals surface area (Å²) in [5, 5.41) is 29.0. The van der Waals surface area contributed by atoms with Crippen LogP contribution in [-0.4, -0.2) is 33.3 Å². The third kappa shape index (κ3) is 2.17. The van der Waals surface area contributed by atoms with Gasteiger partial charge in [0, 0.05) is 15.6 Å². The molecule has 1 aromatic rings. The normalized spacial score (nSPS) is 11.5. The molecule has 1 heterocycles. The number of hydrogen-bond donors (Lipinski definition) is 2. The smallest absolute Gasteiger partial charge is 0.295 e. The molecule has 0 radical (unpaired) electrons. The van der Waals surface area contributed by atoms with E-state index in [2.05, 4.69) is 20.9 Å². The standard InChI is InChI=1S/C8H8BrClN2O4/c9-5-1-6(7(10)11-2-5)8(3-13,4-14)12(15)16/h1-2,13-14H,3-4H2. The fraction of sp³-hybridized carbons (Fsp3) is 0.375. The molecule has 16 heavy (non-hydrogen) atoms. The number of aromatic nitrogens is 1. The summed E-state index contributed by atoms with van der Waals surface area (Å²) in [6.07, 6.45) is 1.37. The summed E-state index contributed by atoms with van der Waals surface area (Å²) >= 11 is 8.81. The molecule has 6 nitrogen and oxygen atoms in total. The van der Waals surface area contributed by atoms with Gasteiger partial charge in [0.1, 0.15) is 18.4 Å². The van der Waals surface area contributed by atoms with Crippen LogP contribution in [0.4, 0.5) is 0 Å². The predicted molar refractivity (Wildman–Crippen MR) is 59.8 cm³/mol. The van der Waals surface area contributed by atoms with E-state index in [9.17, 15) is 10.1 Å². The molecule has 0 bridgehead atoms. The summed E-state index contributed by atoms with van der Waals surface area (Å²) in [6, 6.07) is 1.35. The minimum absolute atomic E-state index is 0.0291. The van der Waals surface area contributed by atoms with Crippen LogP contribution in [0.1, 0.15) is 5.56 Å². The van der Waals surface area contributed by atoms with Crippen LogP contribution in [0.25, 0.3) is 0 Å². The van der Waals surface area contributed by atoms with Gasteiger partial charge in [0.05, 0.1) is 5.56 Å². The fourth-order valence-electron chi connectivity index (χ4n) is 1.18. The maximum Gasteiger partial charge on any atom is 0.295 e. The molecule has 0 fully saturated rings. The first kappa shape index (κ1) is 13.3. The highest BCUT2D eigenvalue weighted by Gasteiger charge is 2.46. The quantitative estimate of drug-likeness (QED) is 0.490. The van der Waals surface area contributed by atoms with Crippen molar-refractivity contribution >= 4 is 27.5 Å². The summed E-state index contributed by atoms with van der Waals surface area (Å²) in [6.45, 7) is -1.73. The lowest BCUT2D eigenvalue weighted by atomic mass is 9.94. The van der Waals surface area contributed by atoms with E-state index in [1.54, 1.807) is 0 Å². The Morgan fingerprint density at radius 2 is 2.12 bits per heavy atom. The molecule has 88 valence electrons. The van der Waals surface area contributed by atoms with E-state index in [0.717, 1.165) is 0 Å². The molecule has 1 aromatic heterocycles. The number of aliphatic hydroxyl groups excluding tert-OH is 2. The van der Waals surface area contributed by atoms with Gasteiger partial charge >= 0.3 is 0 Å². The molecule has 0 saturated carbocycles. The molecule has 0 aromatic carbocycles. The van der Waals surface area contributed by atoms with Crippen LogP contribution in [0, 0.1) is 10.1 Å². The summed E-state index contributed by atoms with van der Waals surface area (Å²) < 4.78 is 0.472. The van der Waals surface area contributed by atoms with Crippen molar-refractivity contribution in [1.82, 2.24) is 4.98 Å². The highest BCUT2D eigenvalue weighted by atomic mass is 79.9. The van der Waals surface area contributed by atoms with Crippen LogP contribution in [0.15, 0.2) is 16.7 Å². The molecule has 8 heteroatoms. The minimum atomic E-state index is -2.03. The maximum atomic E-state index is 10.9. The van der Waals surface area contributed by atoms with E-state index in [-0.39, 0.29) is 10.7 Å². The number of rotatable bonds is 4. The summed E-state index contributed by atoms with van der Waals surface area (Å²) in [4.78, 5) is 13.9. The summed E-state index contributed by atoms with van der Waals surface area (Å²) in [5.74, 6) is 0. The van der Waals surface area contributed by atoms with Gasteiger partial charge in [0.15, 0.2) is 0 Å². The van der Waals surface area contributed by atoms with Crippen molar-refractivity contribution in [2.45, 2.75) is 5.54 Å². The molecule has 0 saturated heterocycles. The summed E-state index contributed by atoms with van der Waals surface area (Å²) in [7, 11) is 0. The first-order valence-electron chi connectivity index (χ1n) is 4.15. The lowest BCUT2D eigenvalue weighted by molar-refractivity contribution is -0.586. The lowest BCUT2D eigenvalue weighted by Gasteiger charge is -2.21. The Bertz CT molecular complexity index is 411. The van der Waals surface area contributed by atoms with E-state index in [0.29, 0.717) is 4.47 Å². The van der Waals surface area contributed by atoms with Gasteiger partial charge in [-0.15, -0.1) is 0 Å². The van der Waals surface area contributed by atoms with Crippen molar-refractivity contribution in [2.24, 2.45) is 0 Å². The fourth-order valence-corrected chi connectivity index (χ4v) is 1.79. The van der Waals surface area contributed by atoms with Crippen molar-refractivity contribution in [3.05, 3.63) is 37.6 Å². The molecule has 0 aliphatic heterocycles. The molecular weight excluding hydrogens is 303 g/mol. The molecule has 0 aliphatic carbocycles. The SMILES string of the molecule is O=[N+]([O-])C(CO)(CO)c1cc(Br)cnc1Cl. The Morgan fingerprint density at radius 3 is 2.56 bits per heavy atom. The number of pyridine rings is 1. The van der Waals surface area contributed by atoms with E-state index >= 15 is 0 Å². The predicted octanol–water partition coefficient (Wildman–Crippen LogP) is 0.954. The zero-order valence-electron chi connectivity index (χ0n) is 7.93.